The maximum absolute atomic E-state index is 10.4. The first-order valence-corrected chi connectivity index (χ1v) is 4.68. The van der Waals surface area contributed by atoms with Crippen LogP contribution in [0.4, 0.5) is 4.79 Å². The number of carbonyl (C=O) groups is 1. The number of carboxylic acid groups (broad SMARTS) is 2. The van der Waals surface area contributed by atoms with E-state index in [1.807, 2.05) is 0 Å². The number of benzene rings is 1. The van der Waals surface area contributed by atoms with Gasteiger partial charge in [0.05, 0.1) is 4.90 Å². The van der Waals surface area contributed by atoms with E-state index in [-0.39, 0.29) is 113 Å². The molecule has 0 fully saturated rings. The zero-order valence-corrected chi connectivity index (χ0v) is 16.3. The molecule has 10 heteroatoms. The average molecular weight is 314 g/mol. The predicted molar refractivity (Wildman–Crippen MR) is 45.3 cm³/mol. The summed E-state index contributed by atoms with van der Waals surface area (Å²) in [7, 11) is -4.00. The monoisotopic (exact) mass is 314 g/mol. The summed E-state index contributed by atoms with van der Waals surface area (Å²) in [6.45, 7) is 0. The number of rotatable bonds is 1. The third-order valence-electron chi connectivity index (χ3n) is 1.04. The minimum Gasteiger partial charge on any atom is -0.652 e. The van der Waals surface area contributed by atoms with Gasteiger partial charge in [-0.3, -0.25) is 4.55 Å². The van der Waals surface area contributed by atoms with Crippen molar-refractivity contribution in [1.82, 2.24) is 0 Å². The van der Waals surface area contributed by atoms with Crippen LogP contribution in [0.5, 0.6) is 0 Å². The van der Waals surface area contributed by atoms with Crippen molar-refractivity contribution < 1.29 is 136 Å². The Bertz CT molecular complexity index is 388. The Morgan fingerprint density at radius 3 is 1.53 bits per heavy atom. The molecule has 0 aromatic heterocycles. The van der Waals surface area contributed by atoms with Crippen LogP contribution in [0.15, 0.2) is 35.2 Å². The van der Waals surface area contributed by atoms with Crippen LogP contribution in [0.1, 0.15) is 0 Å². The molecule has 17 heavy (non-hydrogen) atoms. The van der Waals surface area contributed by atoms with Gasteiger partial charge in [-0.25, -0.2) is 0 Å². The molecule has 0 bridgehead atoms. The van der Waals surface area contributed by atoms with Crippen LogP contribution in [0.2, 0.25) is 0 Å². The van der Waals surface area contributed by atoms with Crippen molar-refractivity contribution in [2.24, 2.45) is 0 Å². The molecule has 0 amide bonds. The van der Waals surface area contributed by atoms with E-state index in [9.17, 15) is 8.42 Å². The Kier molecular flexibility index (Phi) is 22.4. The average Bonchev–Trinajstić information content (AvgIpc) is 2.03. The van der Waals surface area contributed by atoms with Crippen LogP contribution in [0.3, 0.4) is 0 Å². The molecule has 0 saturated carbocycles. The summed E-state index contributed by atoms with van der Waals surface area (Å²) in [5, 5.41) is 16.7. The van der Waals surface area contributed by atoms with E-state index < -0.39 is 16.3 Å². The second-order valence-electron chi connectivity index (χ2n) is 2.04. The van der Waals surface area contributed by atoms with Gasteiger partial charge < -0.3 is 20.5 Å². The molecular formula is C7H8K2O7S. The molecule has 0 aliphatic carbocycles. The van der Waals surface area contributed by atoms with Gasteiger partial charge in [-0.15, -0.1) is 0 Å². The second-order valence-corrected chi connectivity index (χ2v) is 3.46. The number of hydrogen-bond acceptors (Lipinski definition) is 5. The molecule has 0 radical (unpaired) electrons. The quantitative estimate of drug-likeness (QED) is 0.402. The molecule has 0 heterocycles. The summed E-state index contributed by atoms with van der Waals surface area (Å²) in [4.78, 5) is 8.26. The molecule has 1 aromatic carbocycles. The number of hydrogen-bond donors (Lipinski definition) is 1. The van der Waals surface area contributed by atoms with Crippen LogP contribution in [0.25, 0.3) is 0 Å². The summed E-state index contributed by atoms with van der Waals surface area (Å²) >= 11 is 0. The van der Waals surface area contributed by atoms with Gasteiger partial charge >= 0.3 is 103 Å². The van der Waals surface area contributed by atoms with Gasteiger partial charge in [-0.1, -0.05) is 18.2 Å². The van der Waals surface area contributed by atoms with E-state index in [1.165, 1.54) is 12.1 Å². The summed E-state index contributed by atoms with van der Waals surface area (Å²) in [5.74, 6) is 0. The SMILES string of the molecule is O.O=C([O-])[O-].O=S(=O)(O)c1ccccc1.[K+].[K+]. The topological polar surface area (TPSA) is 149 Å². The number of carbonyl (C=O) groups excluding carboxylic acids is 1. The maximum atomic E-state index is 10.4. The van der Waals surface area contributed by atoms with Crippen molar-refractivity contribution >= 4 is 16.3 Å². The molecule has 0 spiro atoms. The van der Waals surface area contributed by atoms with Crippen LogP contribution in [-0.2, 0) is 10.1 Å². The molecule has 0 aliphatic rings. The van der Waals surface area contributed by atoms with Gasteiger partial charge in [0.15, 0.2) is 0 Å². The molecule has 1 rings (SSSR count). The van der Waals surface area contributed by atoms with E-state index >= 15 is 0 Å². The largest absolute Gasteiger partial charge is 1.00 e. The Morgan fingerprint density at radius 1 is 1.06 bits per heavy atom. The van der Waals surface area contributed by atoms with Gasteiger partial charge in [0.2, 0.25) is 0 Å². The van der Waals surface area contributed by atoms with Crippen LogP contribution in [0, 0.1) is 0 Å². The van der Waals surface area contributed by atoms with Gasteiger partial charge in [0, 0.05) is 0 Å². The van der Waals surface area contributed by atoms with Gasteiger partial charge in [0.25, 0.3) is 10.1 Å². The van der Waals surface area contributed by atoms with Gasteiger partial charge in [-0.2, -0.15) is 8.42 Å². The molecule has 86 valence electrons. The summed E-state index contributed by atoms with van der Waals surface area (Å²) in [5.41, 5.74) is 0. The first kappa shape index (κ1) is 27.1. The van der Waals surface area contributed by atoms with Crippen molar-refractivity contribution in [1.29, 1.82) is 0 Å². The van der Waals surface area contributed by atoms with Crippen LogP contribution < -0.4 is 113 Å². The Balaban J connectivity index is -0.000000108. The fraction of sp³-hybridized carbons (Fsp3) is 0. The molecule has 0 saturated heterocycles. The molecule has 0 aliphatic heterocycles. The fourth-order valence-electron chi connectivity index (χ4n) is 0.592. The normalized spacial score (nSPS) is 8.06. The molecule has 7 nitrogen and oxygen atoms in total. The second kappa shape index (κ2) is 14.1. The Morgan fingerprint density at radius 2 is 1.35 bits per heavy atom. The molecule has 0 unspecified atom stereocenters. The van der Waals surface area contributed by atoms with Gasteiger partial charge in [0.1, 0.15) is 0 Å². The van der Waals surface area contributed by atoms with Crippen LogP contribution >= 0.6 is 0 Å². The van der Waals surface area contributed by atoms with E-state index in [0.29, 0.717) is 0 Å². The van der Waals surface area contributed by atoms with Crippen LogP contribution in [-0.4, -0.2) is 24.6 Å². The summed E-state index contributed by atoms with van der Waals surface area (Å²) in [6.07, 6.45) is -2.33. The van der Waals surface area contributed by atoms with Crippen molar-refractivity contribution in [3.05, 3.63) is 30.3 Å². The third-order valence-corrected chi connectivity index (χ3v) is 1.91. The van der Waals surface area contributed by atoms with E-state index in [0.717, 1.165) is 0 Å². The first-order chi connectivity index (χ1) is 6.34. The van der Waals surface area contributed by atoms with E-state index in [4.69, 9.17) is 19.6 Å². The summed E-state index contributed by atoms with van der Waals surface area (Å²) in [6, 6.07) is 7.42. The Labute approximate surface area is 184 Å². The smallest absolute Gasteiger partial charge is 0.652 e. The molecule has 3 N–H and O–H groups in total. The van der Waals surface area contributed by atoms with E-state index in [1.54, 1.807) is 18.2 Å². The summed E-state index contributed by atoms with van der Waals surface area (Å²) < 4.78 is 29.2. The zero-order valence-electron chi connectivity index (χ0n) is 9.28. The molecule has 0 atom stereocenters. The van der Waals surface area contributed by atoms with Crippen molar-refractivity contribution in [2.75, 3.05) is 0 Å². The molecule has 1 aromatic rings. The minimum atomic E-state index is -4.00. The zero-order chi connectivity index (χ0) is 11.2. The van der Waals surface area contributed by atoms with Crippen molar-refractivity contribution in [3.8, 4) is 0 Å². The minimum absolute atomic E-state index is 0. The standard InChI is InChI=1S/C6H6O3S.CH2O3.2K.H2O/c7-10(8,9)6-4-2-1-3-5-6;2-1(3)4;;;/h1-5H,(H,7,8,9);(H2,2,3,4);;;1H2/q;;2*+1;/p-2. The van der Waals surface area contributed by atoms with Crippen molar-refractivity contribution in [3.63, 3.8) is 0 Å². The molecular weight excluding hydrogens is 306 g/mol. The van der Waals surface area contributed by atoms with Crippen molar-refractivity contribution in [2.45, 2.75) is 4.90 Å². The fourth-order valence-corrected chi connectivity index (χ4v) is 1.09. The Hall–Kier alpha value is 1.63. The van der Waals surface area contributed by atoms with Gasteiger partial charge in [-0.05, 0) is 18.3 Å². The predicted octanol–water partition coefficient (Wildman–Crippen LogP) is -8.33. The van der Waals surface area contributed by atoms with E-state index in [2.05, 4.69) is 0 Å². The maximum Gasteiger partial charge on any atom is 1.00 e. The first-order valence-electron chi connectivity index (χ1n) is 3.24. The third kappa shape index (κ3) is 17.6.